The molecule has 23 heavy (non-hydrogen) atoms. The van der Waals surface area contributed by atoms with Crippen molar-refractivity contribution in [3.63, 3.8) is 0 Å². The Morgan fingerprint density at radius 3 is 2.39 bits per heavy atom. The largest absolute Gasteiger partial charge is 0.477 e. The van der Waals surface area contributed by atoms with Crippen LogP contribution in [-0.2, 0) is 19.1 Å². The number of carbonyl (C=O) groups is 3. The van der Waals surface area contributed by atoms with Crippen LogP contribution < -0.4 is 5.32 Å². The minimum Gasteiger partial charge on any atom is -0.477 e. The van der Waals surface area contributed by atoms with Gasteiger partial charge in [0.1, 0.15) is 11.3 Å². The highest BCUT2D eigenvalue weighted by molar-refractivity contribution is 5.99. The number of hydrogen-bond donors (Lipinski definition) is 2. The van der Waals surface area contributed by atoms with Crippen LogP contribution in [0.15, 0.2) is 30.0 Å². The number of carboxylic acids is 1. The summed E-state index contributed by atoms with van der Waals surface area (Å²) in [4.78, 5) is 43.8. The normalized spacial score (nSPS) is 10.6. The third-order valence-electron chi connectivity index (χ3n) is 2.57. The zero-order valence-electron chi connectivity index (χ0n) is 12.1. The van der Waals surface area contributed by atoms with Crippen molar-refractivity contribution in [3.8, 4) is 0 Å². The number of esters is 2. The van der Waals surface area contributed by atoms with Crippen LogP contribution in [0.5, 0.6) is 0 Å². The van der Waals surface area contributed by atoms with Crippen molar-refractivity contribution < 1.29 is 33.9 Å². The van der Waals surface area contributed by atoms with Crippen molar-refractivity contribution in [2.24, 2.45) is 0 Å². The summed E-state index contributed by atoms with van der Waals surface area (Å²) in [5, 5.41) is 22.2. The zero-order chi connectivity index (χ0) is 17.6. The summed E-state index contributed by atoms with van der Waals surface area (Å²) < 4.78 is 8.85. The van der Waals surface area contributed by atoms with Gasteiger partial charge in [0.05, 0.1) is 25.2 Å². The van der Waals surface area contributed by atoms with Crippen molar-refractivity contribution in [2.45, 2.75) is 0 Å². The van der Waals surface area contributed by atoms with Gasteiger partial charge in [-0.15, -0.1) is 0 Å². The molecule has 0 radical (unpaired) electrons. The fourth-order valence-corrected chi connectivity index (χ4v) is 1.53. The Kier molecular flexibility index (Phi) is 5.78. The molecule has 10 heteroatoms. The fraction of sp³-hybridized carbons (Fsp3) is 0.154. The molecule has 0 aromatic heterocycles. The predicted octanol–water partition coefficient (Wildman–Crippen LogP) is 0.935. The molecule has 10 nitrogen and oxygen atoms in total. The molecule has 0 aliphatic carbocycles. The van der Waals surface area contributed by atoms with Gasteiger partial charge in [0.25, 0.3) is 5.69 Å². The van der Waals surface area contributed by atoms with E-state index in [2.05, 4.69) is 14.8 Å². The number of nitrogens with zero attached hydrogens (tertiary/aromatic N) is 1. The number of aromatic carboxylic acids is 1. The van der Waals surface area contributed by atoms with Crippen molar-refractivity contribution in [3.05, 3.63) is 45.6 Å². The molecule has 1 aromatic carbocycles. The summed E-state index contributed by atoms with van der Waals surface area (Å²) in [5.74, 6) is -3.28. The van der Waals surface area contributed by atoms with Crippen LogP contribution in [0.4, 0.5) is 11.4 Å². The quantitative estimate of drug-likeness (QED) is 0.338. The summed E-state index contributed by atoms with van der Waals surface area (Å²) in [6.45, 7) is 0. The van der Waals surface area contributed by atoms with E-state index in [1.165, 1.54) is 6.07 Å². The first-order valence-corrected chi connectivity index (χ1v) is 5.96. The van der Waals surface area contributed by atoms with E-state index >= 15 is 0 Å². The number of nitrogens with one attached hydrogen (secondary N) is 1. The second kappa shape index (κ2) is 7.54. The average molecular weight is 324 g/mol. The topological polar surface area (TPSA) is 145 Å². The number of ether oxygens (including phenoxy) is 2. The van der Waals surface area contributed by atoms with E-state index in [0.29, 0.717) is 0 Å². The summed E-state index contributed by atoms with van der Waals surface area (Å²) in [6, 6.07) is 3.09. The minimum atomic E-state index is -1.52. The highest BCUT2D eigenvalue weighted by Gasteiger charge is 2.21. The predicted molar refractivity (Wildman–Crippen MR) is 75.8 cm³/mol. The second-order valence-electron chi connectivity index (χ2n) is 3.99. The third-order valence-corrected chi connectivity index (χ3v) is 2.57. The number of carboxylic acid groups (broad SMARTS) is 1. The summed E-state index contributed by atoms with van der Waals surface area (Å²) in [7, 11) is 2.18. The van der Waals surface area contributed by atoms with Gasteiger partial charge >= 0.3 is 17.9 Å². The number of nitro groups is 1. The van der Waals surface area contributed by atoms with Crippen LogP contribution in [0, 0.1) is 10.1 Å². The summed E-state index contributed by atoms with van der Waals surface area (Å²) >= 11 is 0. The summed E-state index contributed by atoms with van der Waals surface area (Å²) in [5.41, 5.74) is -1.49. The fourth-order valence-electron chi connectivity index (χ4n) is 1.53. The molecule has 2 N–H and O–H groups in total. The number of hydrogen-bond acceptors (Lipinski definition) is 8. The molecule has 0 unspecified atom stereocenters. The Morgan fingerprint density at radius 1 is 1.26 bits per heavy atom. The average Bonchev–Trinajstić information content (AvgIpc) is 2.52. The Labute approximate surface area is 129 Å². The molecule has 0 fully saturated rings. The molecule has 0 atom stereocenters. The maximum atomic E-state index is 11.6. The maximum Gasteiger partial charge on any atom is 0.354 e. The molecular weight excluding hydrogens is 312 g/mol. The lowest BCUT2D eigenvalue weighted by atomic mass is 10.1. The van der Waals surface area contributed by atoms with Gasteiger partial charge in [-0.1, -0.05) is 0 Å². The van der Waals surface area contributed by atoms with Gasteiger partial charge in [0, 0.05) is 11.8 Å². The maximum absolute atomic E-state index is 11.6. The molecule has 1 rings (SSSR count). The molecule has 0 saturated carbocycles. The lowest BCUT2D eigenvalue weighted by molar-refractivity contribution is -0.385. The number of benzene rings is 1. The van der Waals surface area contributed by atoms with Gasteiger partial charge in [0.2, 0.25) is 0 Å². The number of methoxy groups -OCH3 is 2. The van der Waals surface area contributed by atoms with Crippen molar-refractivity contribution >= 4 is 29.3 Å². The van der Waals surface area contributed by atoms with Gasteiger partial charge < -0.3 is 19.9 Å². The smallest absolute Gasteiger partial charge is 0.354 e. The highest BCUT2D eigenvalue weighted by Crippen LogP contribution is 2.23. The molecule has 0 saturated heterocycles. The van der Waals surface area contributed by atoms with Gasteiger partial charge in [-0.3, -0.25) is 10.1 Å². The van der Waals surface area contributed by atoms with E-state index in [9.17, 15) is 24.5 Å². The molecule has 122 valence electrons. The van der Waals surface area contributed by atoms with Crippen LogP contribution in [0.25, 0.3) is 0 Å². The van der Waals surface area contributed by atoms with Crippen LogP contribution in [0.3, 0.4) is 0 Å². The van der Waals surface area contributed by atoms with Crippen LogP contribution >= 0.6 is 0 Å². The first kappa shape index (κ1) is 17.6. The van der Waals surface area contributed by atoms with E-state index in [4.69, 9.17) is 5.11 Å². The van der Waals surface area contributed by atoms with E-state index in [-0.39, 0.29) is 11.4 Å². The number of nitro benzene ring substituents is 1. The SMILES string of the molecule is COC(=O)/C=C(/Nc1ccc([N+](=O)[O-])c(C(=O)O)c1)C(=O)OC. The minimum absolute atomic E-state index is 0.0357. The molecule has 0 aliphatic rings. The van der Waals surface area contributed by atoms with Gasteiger partial charge in [-0.25, -0.2) is 14.4 Å². The highest BCUT2D eigenvalue weighted by atomic mass is 16.6. The standard InChI is InChI=1S/C13H12N2O8/c1-22-11(16)6-9(13(19)23-2)14-7-3-4-10(15(20)21)8(5-7)12(17)18/h3-6,14H,1-2H3,(H,17,18)/b9-6+. The van der Waals surface area contributed by atoms with Gasteiger partial charge in [-0.05, 0) is 12.1 Å². The monoisotopic (exact) mass is 324 g/mol. The lowest BCUT2D eigenvalue weighted by Crippen LogP contribution is -2.16. The molecule has 0 amide bonds. The summed E-state index contributed by atoms with van der Waals surface area (Å²) in [6.07, 6.45) is 0.799. The van der Waals surface area contributed by atoms with Gasteiger partial charge in [-0.2, -0.15) is 0 Å². The molecular formula is C13H12N2O8. The number of rotatable bonds is 6. The molecule has 0 aliphatic heterocycles. The first-order chi connectivity index (χ1) is 10.8. The van der Waals surface area contributed by atoms with Crippen molar-refractivity contribution in [2.75, 3.05) is 19.5 Å². The third kappa shape index (κ3) is 4.52. The van der Waals surface area contributed by atoms with Crippen LogP contribution in [0.2, 0.25) is 0 Å². The van der Waals surface area contributed by atoms with Crippen LogP contribution in [-0.4, -0.2) is 42.2 Å². The Morgan fingerprint density at radius 2 is 1.91 bits per heavy atom. The zero-order valence-corrected chi connectivity index (χ0v) is 12.1. The molecule has 1 aromatic rings. The second-order valence-corrected chi connectivity index (χ2v) is 3.99. The Balaban J connectivity index is 3.24. The lowest BCUT2D eigenvalue weighted by Gasteiger charge is -2.09. The number of anilines is 1. The Bertz CT molecular complexity index is 695. The van der Waals surface area contributed by atoms with E-state index in [0.717, 1.165) is 32.4 Å². The number of carbonyl (C=O) groups excluding carboxylic acids is 2. The van der Waals surface area contributed by atoms with E-state index in [1.807, 2.05) is 0 Å². The first-order valence-electron chi connectivity index (χ1n) is 5.96. The molecule has 0 heterocycles. The van der Waals surface area contributed by atoms with Crippen LogP contribution in [0.1, 0.15) is 10.4 Å². The van der Waals surface area contributed by atoms with E-state index in [1.54, 1.807) is 0 Å². The Hall–Kier alpha value is -3.43. The molecule has 0 spiro atoms. The van der Waals surface area contributed by atoms with Gasteiger partial charge in [0.15, 0.2) is 0 Å². The molecule has 0 bridgehead atoms. The van der Waals surface area contributed by atoms with Crippen molar-refractivity contribution in [1.82, 2.24) is 0 Å². The van der Waals surface area contributed by atoms with Crippen molar-refractivity contribution in [1.29, 1.82) is 0 Å². The van der Waals surface area contributed by atoms with E-state index < -0.39 is 34.1 Å².